The zero-order chi connectivity index (χ0) is 14.8. The minimum Gasteiger partial charge on any atom is -0.338 e. The molecule has 0 aliphatic carbocycles. The van der Waals surface area contributed by atoms with Crippen LogP contribution in [0.1, 0.15) is 28.9 Å². The lowest BCUT2D eigenvalue weighted by atomic mass is 10.1. The number of amides is 1. The summed E-state index contributed by atoms with van der Waals surface area (Å²) in [5.41, 5.74) is 2.59. The fraction of sp³-hybridized carbons (Fsp3) is 0.412. The van der Waals surface area contributed by atoms with Gasteiger partial charge in [0.2, 0.25) is 0 Å². The van der Waals surface area contributed by atoms with Gasteiger partial charge in [0.25, 0.3) is 5.91 Å². The van der Waals surface area contributed by atoms with E-state index < -0.39 is 0 Å². The molecule has 2 aromatic rings. The highest BCUT2D eigenvalue weighted by Gasteiger charge is 2.27. The summed E-state index contributed by atoms with van der Waals surface area (Å²) in [7, 11) is 0. The summed E-state index contributed by atoms with van der Waals surface area (Å²) in [5, 5.41) is 1.97. The van der Waals surface area contributed by atoms with E-state index in [-0.39, 0.29) is 5.91 Å². The zero-order valence-corrected chi connectivity index (χ0v) is 13.8. The highest BCUT2D eigenvalue weighted by atomic mass is 79.9. The van der Waals surface area contributed by atoms with Crippen molar-refractivity contribution in [3.8, 4) is 0 Å². The summed E-state index contributed by atoms with van der Waals surface area (Å²) in [5.74, 6) is 0.774. The van der Waals surface area contributed by atoms with E-state index in [0.29, 0.717) is 5.92 Å². The van der Waals surface area contributed by atoms with Crippen molar-refractivity contribution in [1.82, 2.24) is 9.88 Å². The molecular formula is C17H19BrN2O. The van der Waals surface area contributed by atoms with Gasteiger partial charge in [0.1, 0.15) is 0 Å². The third-order valence-electron chi connectivity index (χ3n) is 4.17. The van der Waals surface area contributed by atoms with Gasteiger partial charge in [-0.25, -0.2) is 0 Å². The first-order valence-corrected chi connectivity index (χ1v) is 8.53. The number of alkyl halides is 1. The van der Waals surface area contributed by atoms with Crippen LogP contribution in [0, 0.1) is 12.8 Å². The van der Waals surface area contributed by atoms with Gasteiger partial charge in [-0.05, 0) is 37.8 Å². The molecule has 3 rings (SSSR count). The number of aromatic nitrogens is 1. The predicted molar refractivity (Wildman–Crippen MR) is 88.9 cm³/mol. The number of rotatable bonds is 3. The van der Waals surface area contributed by atoms with Crippen LogP contribution in [0.3, 0.4) is 0 Å². The van der Waals surface area contributed by atoms with Gasteiger partial charge in [0.15, 0.2) is 0 Å². The van der Waals surface area contributed by atoms with Gasteiger partial charge in [-0.2, -0.15) is 0 Å². The summed E-state index contributed by atoms with van der Waals surface area (Å²) >= 11 is 3.49. The van der Waals surface area contributed by atoms with E-state index in [9.17, 15) is 4.79 Å². The van der Waals surface area contributed by atoms with Crippen molar-refractivity contribution < 1.29 is 4.79 Å². The molecule has 4 heteroatoms. The number of nitrogens with zero attached hydrogens (tertiary/aromatic N) is 2. The fourth-order valence-corrected chi connectivity index (χ4v) is 3.71. The largest absolute Gasteiger partial charge is 0.338 e. The molecule has 0 radical (unpaired) electrons. The summed E-state index contributed by atoms with van der Waals surface area (Å²) in [6.45, 7) is 3.69. The smallest absolute Gasteiger partial charge is 0.254 e. The molecule has 1 atom stereocenters. The molecular weight excluding hydrogens is 328 g/mol. The Balaban J connectivity index is 1.92. The molecule has 1 saturated heterocycles. The number of carbonyl (C=O) groups is 1. The second-order valence-electron chi connectivity index (χ2n) is 5.71. The van der Waals surface area contributed by atoms with Gasteiger partial charge < -0.3 is 4.90 Å². The lowest BCUT2D eigenvalue weighted by molar-refractivity contribution is 0.0789. The first kappa shape index (κ1) is 14.5. The van der Waals surface area contributed by atoms with Crippen molar-refractivity contribution >= 4 is 32.7 Å². The maximum atomic E-state index is 12.8. The molecule has 1 aromatic carbocycles. The average Bonchev–Trinajstić information content (AvgIpc) is 2.94. The summed E-state index contributed by atoms with van der Waals surface area (Å²) in [6.07, 6.45) is 2.25. The second-order valence-corrected chi connectivity index (χ2v) is 6.50. The molecule has 3 nitrogen and oxygen atoms in total. The minimum absolute atomic E-state index is 0.147. The highest BCUT2D eigenvalue weighted by Crippen LogP contribution is 2.25. The Morgan fingerprint density at radius 1 is 1.43 bits per heavy atom. The van der Waals surface area contributed by atoms with Crippen LogP contribution in [0.25, 0.3) is 10.9 Å². The summed E-state index contributed by atoms with van der Waals surface area (Å²) in [6, 6.07) is 9.80. The van der Waals surface area contributed by atoms with E-state index in [4.69, 9.17) is 0 Å². The van der Waals surface area contributed by atoms with Crippen LogP contribution >= 0.6 is 15.9 Å². The van der Waals surface area contributed by atoms with Crippen LogP contribution in [-0.2, 0) is 0 Å². The number of carbonyl (C=O) groups excluding carboxylic acids is 1. The van der Waals surface area contributed by atoms with Gasteiger partial charge in [-0.15, -0.1) is 0 Å². The van der Waals surface area contributed by atoms with Crippen LogP contribution in [-0.4, -0.2) is 34.2 Å². The van der Waals surface area contributed by atoms with Crippen LogP contribution in [0.15, 0.2) is 30.3 Å². The molecule has 0 bridgehead atoms. The van der Waals surface area contributed by atoms with Crippen molar-refractivity contribution in [2.24, 2.45) is 5.92 Å². The minimum atomic E-state index is 0.147. The Bertz CT molecular complexity index is 671. The van der Waals surface area contributed by atoms with Crippen LogP contribution in [0.2, 0.25) is 0 Å². The first-order valence-electron chi connectivity index (χ1n) is 7.40. The number of pyridine rings is 1. The lowest BCUT2D eigenvalue weighted by Crippen LogP contribution is -2.29. The Morgan fingerprint density at radius 2 is 2.24 bits per heavy atom. The maximum Gasteiger partial charge on any atom is 0.254 e. The Morgan fingerprint density at radius 3 is 3.05 bits per heavy atom. The van der Waals surface area contributed by atoms with E-state index in [1.54, 1.807) is 0 Å². The van der Waals surface area contributed by atoms with Gasteiger partial charge in [-0.1, -0.05) is 34.1 Å². The molecule has 110 valence electrons. The SMILES string of the molecule is Cc1cc(C(=O)N2CCC(CCBr)C2)c2ccccc2n1. The van der Waals surface area contributed by atoms with E-state index in [2.05, 4.69) is 20.9 Å². The Hall–Kier alpha value is -1.42. The fourth-order valence-electron chi connectivity index (χ4n) is 3.06. The summed E-state index contributed by atoms with van der Waals surface area (Å²) < 4.78 is 0. The van der Waals surface area contributed by atoms with Gasteiger partial charge in [0, 0.05) is 29.5 Å². The highest BCUT2D eigenvalue weighted by molar-refractivity contribution is 9.09. The number of aryl methyl sites for hydroxylation is 1. The van der Waals surface area contributed by atoms with Crippen molar-refractivity contribution in [1.29, 1.82) is 0 Å². The van der Waals surface area contributed by atoms with Crippen LogP contribution in [0.5, 0.6) is 0 Å². The number of hydrogen-bond acceptors (Lipinski definition) is 2. The molecule has 21 heavy (non-hydrogen) atoms. The predicted octanol–water partition coefficient (Wildman–Crippen LogP) is 3.79. The maximum absolute atomic E-state index is 12.8. The molecule has 0 saturated carbocycles. The number of fused-ring (bicyclic) bond motifs is 1. The molecule has 0 N–H and O–H groups in total. The lowest BCUT2D eigenvalue weighted by Gasteiger charge is -2.18. The normalized spacial score (nSPS) is 18.4. The van der Waals surface area contributed by atoms with Crippen molar-refractivity contribution in [2.75, 3.05) is 18.4 Å². The Kier molecular flexibility index (Phi) is 4.24. The number of benzene rings is 1. The van der Waals surface area contributed by atoms with Gasteiger partial charge in [-0.3, -0.25) is 9.78 Å². The average molecular weight is 347 g/mol. The standard InChI is InChI=1S/C17H19BrN2O/c1-12-10-15(14-4-2-3-5-16(14)19-12)17(21)20-9-7-13(11-20)6-8-18/h2-5,10,13H,6-9,11H2,1H3. The number of likely N-dealkylation sites (tertiary alicyclic amines) is 1. The Labute approximate surface area is 133 Å². The van der Waals surface area contributed by atoms with Crippen molar-refractivity contribution in [3.05, 3.63) is 41.6 Å². The third kappa shape index (κ3) is 2.95. The monoisotopic (exact) mass is 346 g/mol. The molecule has 1 unspecified atom stereocenters. The van der Waals surface area contributed by atoms with Gasteiger partial charge >= 0.3 is 0 Å². The molecule has 0 spiro atoms. The van der Waals surface area contributed by atoms with Crippen LogP contribution < -0.4 is 0 Å². The van der Waals surface area contributed by atoms with E-state index >= 15 is 0 Å². The molecule has 1 aliphatic heterocycles. The molecule has 1 aliphatic rings. The van der Waals surface area contributed by atoms with Gasteiger partial charge in [0.05, 0.1) is 11.1 Å². The van der Waals surface area contributed by atoms with Crippen LogP contribution in [0.4, 0.5) is 0 Å². The molecule has 1 aromatic heterocycles. The zero-order valence-electron chi connectivity index (χ0n) is 12.2. The first-order chi connectivity index (χ1) is 10.2. The second kappa shape index (κ2) is 6.14. The number of halogens is 1. The van der Waals surface area contributed by atoms with E-state index in [1.807, 2.05) is 42.2 Å². The summed E-state index contributed by atoms with van der Waals surface area (Å²) in [4.78, 5) is 19.4. The van der Waals surface area contributed by atoms with E-state index in [0.717, 1.165) is 53.4 Å². The molecule has 1 fully saturated rings. The molecule has 1 amide bonds. The van der Waals surface area contributed by atoms with Crippen molar-refractivity contribution in [3.63, 3.8) is 0 Å². The quantitative estimate of drug-likeness (QED) is 0.792. The van der Waals surface area contributed by atoms with Crippen molar-refractivity contribution in [2.45, 2.75) is 19.8 Å². The molecule has 2 heterocycles. The van der Waals surface area contributed by atoms with E-state index in [1.165, 1.54) is 0 Å². The number of para-hydroxylation sites is 1. The number of hydrogen-bond donors (Lipinski definition) is 0. The third-order valence-corrected chi connectivity index (χ3v) is 4.62. The topological polar surface area (TPSA) is 33.2 Å².